The molecule has 3 rings (SSSR count). The van der Waals surface area contributed by atoms with Gasteiger partial charge in [0.05, 0.1) is 23.9 Å². The zero-order valence-corrected chi connectivity index (χ0v) is 16.2. The maximum absolute atomic E-state index is 13.2. The molecule has 27 heavy (non-hydrogen) atoms. The number of anilines is 1. The van der Waals surface area contributed by atoms with E-state index in [2.05, 4.69) is 22.4 Å². The summed E-state index contributed by atoms with van der Waals surface area (Å²) in [6, 6.07) is 12.0. The zero-order chi connectivity index (χ0) is 19.1. The number of rotatable bonds is 8. The van der Waals surface area contributed by atoms with E-state index in [-0.39, 0.29) is 5.91 Å². The van der Waals surface area contributed by atoms with E-state index in [1.807, 2.05) is 38.1 Å². The van der Waals surface area contributed by atoms with E-state index >= 15 is 0 Å². The van der Waals surface area contributed by atoms with Crippen molar-refractivity contribution in [1.82, 2.24) is 4.98 Å². The van der Waals surface area contributed by atoms with Crippen molar-refractivity contribution in [3.63, 3.8) is 0 Å². The third-order valence-electron chi connectivity index (χ3n) is 5.18. The molecule has 5 heteroatoms. The average molecular weight is 368 g/mol. The van der Waals surface area contributed by atoms with E-state index in [1.54, 1.807) is 6.20 Å². The molecule has 0 bridgehead atoms. The molecule has 1 saturated carbocycles. The van der Waals surface area contributed by atoms with E-state index in [9.17, 15) is 4.79 Å². The van der Waals surface area contributed by atoms with Crippen molar-refractivity contribution in [1.29, 1.82) is 0 Å². The molecule has 144 valence electrons. The summed E-state index contributed by atoms with van der Waals surface area (Å²) in [5.74, 6) is 0.628. The number of aromatic nitrogens is 1. The Bertz CT molecular complexity index is 755. The first-order valence-corrected chi connectivity index (χ1v) is 9.70. The van der Waals surface area contributed by atoms with E-state index in [1.165, 1.54) is 0 Å². The molecule has 0 radical (unpaired) electrons. The summed E-state index contributed by atoms with van der Waals surface area (Å²) < 4.78 is 10.9. The van der Waals surface area contributed by atoms with Crippen LogP contribution in [0.1, 0.15) is 43.7 Å². The van der Waals surface area contributed by atoms with Gasteiger partial charge in [-0.3, -0.25) is 4.79 Å². The minimum atomic E-state index is -0.443. The largest absolute Gasteiger partial charge is 0.475 e. The van der Waals surface area contributed by atoms with Gasteiger partial charge in [-0.1, -0.05) is 43.2 Å². The van der Waals surface area contributed by atoms with E-state index in [0.29, 0.717) is 31.4 Å². The molecule has 0 aliphatic heterocycles. The highest BCUT2D eigenvalue weighted by Crippen LogP contribution is 2.42. The van der Waals surface area contributed by atoms with Crippen molar-refractivity contribution in [2.75, 3.05) is 25.1 Å². The van der Waals surface area contributed by atoms with Crippen LogP contribution in [0.2, 0.25) is 0 Å². The number of ether oxygens (including phenoxy) is 2. The number of pyridine rings is 1. The highest BCUT2D eigenvalue weighted by atomic mass is 16.5. The Labute approximate surface area is 161 Å². The van der Waals surface area contributed by atoms with Crippen LogP contribution in [0.5, 0.6) is 5.88 Å². The van der Waals surface area contributed by atoms with Gasteiger partial charge in [-0.05, 0) is 38.3 Å². The molecule has 1 amide bonds. The third-order valence-corrected chi connectivity index (χ3v) is 5.18. The summed E-state index contributed by atoms with van der Waals surface area (Å²) in [5, 5.41) is 3.09. The monoisotopic (exact) mass is 368 g/mol. The summed E-state index contributed by atoms with van der Waals surface area (Å²) >= 11 is 0. The van der Waals surface area contributed by atoms with Gasteiger partial charge in [0.15, 0.2) is 0 Å². The fourth-order valence-corrected chi connectivity index (χ4v) is 3.76. The molecule has 0 saturated heterocycles. The van der Waals surface area contributed by atoms with Crippen molar-refractivity contribution < 1.29 is 14.3 Å². The second-order valence-corrected chi connectivity index (χ2v) is 7.00. The normalized spacial score (nSPS) is 15.5. The standard InChI is InChI=1S/C22H28N2O3/c1-3-26-13-14-27-20-17(2)15-19(16-23-20)24-21(25)22(11-7-8-12-22)18-9-5-4-6-10-18/h4-6,9-10,15-16H,3,7-8,11-14H2,1-2H3,(H,24,25). The lowest BCUT2D eigenvalue weighted by Gasteiger charge is -2.28. The Morgan fingerprint density at radius 3 is 2.59 bits per heavy atom. The Kier molecular flexibility index (Phi) is 6.45. The van der Waals surface area contributed by atoms with Gasteiger partial charge in [-0.25, -0.2) is 4.98 Å². The predicted octanol–water partition coefficient (Wildman–Crippen LogP) is 4.26. The summed E-state index contributed by atoms with van der Waals surface area (Å²) in [6.07, 6.45) is 5.58. The average Bonchev–Trinajstić information content (AvgIpc) is 3.19. The van der Waals surface area contributed by atoms with Crippen molar-refractivity contribution in [3.8, 4) is 5.88 Å². The summed E-state index contributed by atoms with van der Waals surface area (Å²) in [5.41, 5.74) is 2.25. The molecule has 1 aliphatic rings. The van der Waals surface area contributed by atoms with E-state index in [0.717, 1.165) is 36.8 Å². The smallest absolute Gasteiger partial charge is 0.235 e. The van der Waals surface area contributed by atoms with Gasteiger partial charge in [0.1, 0.15) is 6.61 Å². The lowest BCUT2D eigenvalue weighted by atomic mass is 9.78. The first-order valence-electron chi connectivity index (χ1n) is 9.70. The molecule has 1 aliphatic carbocycles. The molecule has 1 heterocycles. The van der Waals surface area contributed by atoms with Gasteiger partial charge in [-0.15, -0.1) is 0 Å². The number of benzene rings is 1. The van der Waals surface area contributed by atoms with Gasteiger partial charge >= 0.3 is 0 Å². The molecule has 1 aromatic heterocycles. The molecule has 0 spiro atoms. The summed E-state index contributed by atoms with van der Waals surface area (Å²) in [6.45, 7) is 5.55. The molecule has 1 fully saturated rings. The zero-order valence-electron chi connectivity index (χ0n) is 16.2. The molecule has 0 atom stereocenters. The minimum absolute atomic E-state index is 0.0532. The number of carbonyl (C=O) groups excluding carboxylic acids is 1. The Morgan fingerprint density at radius 2 is 1.93 bits per heavy atom. The van der Waals surface area contributed by atoms with Crippen molar-refractivity contribution in [3.05, 3.63) is 53.7 Å². The quantitative estimate of drug-likeness (QED) is 0.708. The molecule has 1 N–H and O–H groups in total. The van der Waals surface area contributed by atoms with Crippen LogP contribution in [0, 0.1) is 6.92 Å². The first-order chi connectivity index (χ1) is 13.2. The van der Waals surface area contributed by atoms with Gasteiger partial charge in [0, 0.05) is 12.2 Å². The Morgan fingerprint density at radius 1 is 1.19 bits per heavy atom. The highest BCUT2D eigenvalue weighted by Gasteiger charge is 2.42. The van der Waals surface area contributed by atoms with Crippen molar-refractivity contribution in [2.24, 2.45) is 0 Å². The fourth-order valence-electron chi connectivity index (χ4n) is 3.76. The van der Waals surface area contributed by atoms with Crippen LogP contribution >= 0.6 is 0 Å². The summed E-state index contributed by atoms with van der Waals surface area (Å²) in [7, 11) is 0. The number of aryl methyl sites for hydroxylation is 1. The second-order valence-electron chi connectivity index (χ2n) is 7.00. The number of nitrogens with one attached hydrogen (secondary N) is 1. The molecular weight excluding hydrogens is 340 g/mol. The molecule has 1 aromatic carbocycles. The van der Waals surface area contributed by atoms with Crippen LogP contribution in [0.4, 0.5) is 5.69 Å². The van der Waals surface area contributed by atoms with E-state index in [4.69, 9.17) is 9.47 Å². The van der Waals surface area contributed by atoms with Crippen molar-refractivity contribution in [2.45, 2.75) is 44.9 Å². The second kappa shape index (κ2) is 9.00. The maximum atomic E-state index is 13.2. The number of nitrogens with zero attached hydrogens (tertiary/aromatic N) is 1. The molecular formula is C22H28N2O3. The number of hydrogen-bond acceptors (Lipinski definition) is 4. The van der Waals surface area contributed by atoms with Crippen LogP contribution < -0.4 is 10.1 Å². The molecule has 2 aromatic rings. The minimum Gasteiger partial charge on any atom is -0.475 e. The van der Waals surface area contributed by atoms with Gasteiger partial charge < -0.3 is 14.8 Å². The van der Waals surface area contributed by atoms with Gasteiger partial charge in [0.25, 0.3) is 0 Å². The van der Waals surface area contributed by atoms with Gasteiger partial charge in [-0.2, -0.15) is 0 Å². The van der Waals surface area contributed by atoms with Crippen LogP contribution in [-0.2, 0) is 14.9 Å². The topological polar surface area (TPSA) is 60.5 Å². The van der Waals surface area contributed by atoms with Crippen LogP contribution in [0.15, 0.2) is 42.6 Å². The lowest BCUT2D eigenvalue weighted by Crippen LogP contribution is -2.38. The Hall–Kier alpha value is -2.40. The van der Waals surface area contributed by atoms with E-state index < -0.39 is 5.41 Å². The lowest BCUT2D eigenvalue weighted by molar-refractivity contribution is -0.121. The van der Waals surface area contributed by atoms with Gasteiger partial charge in [0.2, 0.25) is 11.8 Å². The molecule has 5 nitrogen and oxygen atoms in total. The maximum Gasteiger partial charge on any atom is 0.235 e. The molecule has 0 unspecified atom stereocenters. The highest BCUT2D eigenvalue weighted by molar-refractivity contribution is 5.99. The first kappa shape index (κ1) is 19.4. The predicted molar refractivity (Wildman–Crippen MR) is 106 cm³/mol. The fraction of sp³-hybridized carbons (Fsp3) is 0.455. The SMILES string of the molecule is CCOCCOc1ncc(NC(=O)C2(c3ccccc3)CCCC2)cc1C. The Balaban J connectivity index is 1.70. The third kappa shape index (κ3) is 4.48. The van der Waals surface area contributed by atoms with Crippen LogP contribution in [0.3, 0.4) is 0 Å². The van der Waals surface area contributed by atoms with Crippen LogP contribution in [-0.4, -0.2) is 30.7 Å². The van der Waals surface area contributed by atoms with Crippen molar-refractivity contribution >= 4 is 11.6 Å². The number of carbonyl (C=O) groups is 1. The number of hydrogen-bond donors (Lipinski definition) is 1. The van der Waals surface area contributed by atoms with Crippen LogP contribution in [0.25, 0.3) is 0 Å². The number of amides is 1. The summed E-state index contributed by atoms with van der Waals surface area (Å²) in [4.78, 5) is 17.5.